The first-order valence-electron chi connectivity index (χ1n) is 11.2. The summed E-state index contributed by atoms with van der Waals surface area (Å²) in [5.74, 6) is 0.814. The molecule has 8 heteroatoms. The molecule has 0 fully saturated rings. The van der Waals surface area contributed by atoms with Gasteiger partial charge in [-0.05, 0) is 42.8 Å². The standard InChI is InChI=1S/C28H23Cl2NO4S/c1-2-33-28(32)26-18-36-27(31-26)12-11-19-13-22(34-16-20-7-3-5-9-24(20)29)15-23(14-19)35-17-21-8-4-6-10-25(21)30/h3-15,18H,2,16-17H2,1H3/b12-11+. The second-order valence-electron chi connectivity index (χ2n) is 7.62. The van der Waals surface area contributed by atoms with Gasteiger partial charge in [0.1, 0.15) is 29.7 Å². The Balaban J connectivity index is 1.55. The van der Waals surface area contributed by atoms with Gasteiger partial charge < -0.3 is 14.2 Å². The lowest BCUT2D eigenvalue weighted by molar-refractivity contribution is 0.0520. The van der Waals surface area contributed by atoms with Crippen LogP contribution in [-0.2, 0) is 18.0 Å². The van der Waals surface area contributed by atoms with E-state index in [2.05, 4.69) is 4.98 Å². The number of ether oxygens (including phenoxy) is 3. The van der Waals surface area contributed by atoms with Crippen LogP contribution < -0.4 is 9.47 Å². The highest BCUT2D eigenvalue weighted by Gasteiger charge is 2.11. The number of halogens is 2. The molecule has 4 aromatic rings. The number of hydrogen-bond acceptors (Lipinski definition) is 6. The van der Waals surface area contributed by atoms with Crippen LogP contribution in [0.25, 0.3) is 12.2 Å². The van der Waals surface area contributed by atoms with Gasteiger partial charge in [-0.15, -0.1) is 11.3 Å². The summed E-state index contributed by atoms with van der Waals surface area (Å²) in [4.78, 5) is 16.2. The summed E-state index contributed by atoms with van der Waals surface area (Å²) in [6.07, 6.45) is 3.72. The number of aromatic nitrogens is 1. The van der Waals surface area contributed by atoms with E-state index in [-0.39, 0.29) is 0 Å². The third kappa shape index (κ3) is 7.10. The molecule has 1 aromatic heterocycles. The van der Waals surface area contributed by atoms with Crippen LogP contribution in [0.15, 0.2) is 72.1 Å². The van der Waals surface area contributed by atoms with E-state index >= 15 is 0 Å². The number of carbonyl (C=O) groups is 1. The number of hydrogen-bond donors (Lipinski definition) is 0. The third-order valence-electron chi connectivity index (χ3n) is 5.03. The zero-order valence-electron chi connectivity index (χ0n) is 19.4. The van der Waals surface area contributed by atoms with Crippen molar-refractivity contribution in [2.75, 3.05) is 6.61 Å². The maximum absolute atomic E-state index is 11.9. The Labute approximate surface area is 223 Å². The van der Waals surface area contributed by atoms with Crippen LogP contribution >= 0.6 is 34.5 Å². The van der Waals surface area contributed by atoms with E-state index in [0.29, 0.717) is 52.1 Å². The van der Waals surface area contributed by atoms with Crippen LogP contribution in [0, 0.1) is 0 Å². The number of benzene rings is 3. The van der Waals surface area contributed by atoms with Gasteiger partial charge >= 0.3 is 5.97 Å². The number of rotatable bonds is 10. The fourth-order valence-corrected chi connectivity index (χ4v) is 4.30. The number of nitrogens with zero attached hydrogens (tertiary/aromatic N) is 1. The maximum atomic E-state index is 11.9. The summed E-state index contributed by atoms with van der Waals surface area (Å²) >= 11 is 13.9. The lowest BCUT2D eigenvalue weighted by Crippen LogP contribution is -2.04. The van der Waals surface area contributed by atoms with Crippen molar-refractivity contribution in [3.05, 3.63) is 110 Å². The molecular formula is C28H23Cl2NO4S. The molecule has 0 aliphatic heterocycles. The van der Waals surface area contributed by atoms with Crippen molar-refractivity contribution < 1.29 is 19.0 Å². The molecule has 0 aliphatic rings. The molecule has 0 saturated heterocycles. The van der Waals surface area contributed by atoms with E-state index in [1.807, 2.05) is 78.9 Å². The summed E-state index contributed by atoms with van der Waals surface area (Å²) in [5, 5.41) is 3.65. The molecule has 0 N–H and O–H groups in total. The first kappa shape index (κ1) is 25.8. The molecule has 5 nitrogen and oxygen atoms in total. The predicted molar refractivity (Wildman–Crippen MR) is 145 cm³/mol. The quantitative estimate of drug-likeness (QED) is 0.191. The summed E-state index contributed by atoms with van der Waals surface area (Å²) in [7, 11) is 0. The van der Waals surface area contributed by atoms with Gasteiger partial charge in [0, 0.05) is 32.6 Å². The SMILES string of the molecule is CCOC(=O)c1csc(/C=C/c2cc(OCc3ccccc3Cl)cc(OCc3ccccc3Cl)c2)n1. The predicted octanol–water partition coefficient (Wildman–Crippen LogP) is 7.96. The van der Waals surface area contributed by atoms with Crippen molar-refractivity contribution in [1.29, 1.82) is 0 Å². The first-order valence-corrected chi connectivity index (χ1v) is 12.8. The van der Waals surface area contributed by atoms with Crippen molar-refractivity contribution in [1.82, 2.24) is 4.98 Å². The first-order chi connectivity index (χ1) is 17.5. The molecule has 36 heavy (non-hydrogen) atoms. The van der Waals surface area contributed by atoms with Crippen molar-refractivity contribution in [2.24, 2.45) is 0 Å². The van der Waals surface area contributed by atoms with E-state index in [9.17, 15) is 4.79 Å². The molecule has 0 spiro atoms. The molecule has 0 unspecified atom stereocenters. The Hall–Kier alpha value is -3.32. The monoisotopic (exact) mass is 539 g/mol. The van der Waals surface area contributed by atoms with Crippen LogP contribution in [0.1, 0.15) is 39.1 Å². The Kier molecular flexibility index (Phi) is 9.01. The Morgan fingerprint density at radius 1 is 0.889 bits per heavy atom. The van der Waals surface area contributed by atoms with Crippen LogP contribution in [0.3, 0.4) is 0 Å². The van der Waals surface area contributed by atoms with E-state index < -0.39 is 5.97 Å². The van der Waals surface area contributed by atoms with Crippen molar-refractivity contribution in [2.45, 2.75) is 20.1 Å². The summed E-state index contributed by atoms with van der Waals surface area (Å²) in [6.45, 7) is 2.69. The van der Waals surface area contributed by atoms with Gasteiger partial charge in [0.05, 0.1) is 6.61 Å². The van der Waals surface area contributed by atoms with E-state index in [1.54, 1.807) is 12.3 Å². The zero-order chi connectivity index (χ0) is 25.3. The lowest BCUT2D eigenvalue weighted by atomic mass is 10.1. The summed E-state index contributed by atoms with van der Waals surface area (Å²) in [5.41, 5.74) is 2.90. The second-order valence-corrected chi connectivity index (χ2v) is 9.33. The topological polar surface area (TPSA) is 57.7 Å². The Bertz CT molecular complexity index is 1300. The minimum atomic E-state index is -0.432. The normalized spacial score (nSPS) is 11.0. The van der Waals surface area contributed by atoms with E-state index in [4.69, 9.17) is 37.4 Å². The highest BCUT2D eigenvalue weighted by atomic mass is 35.5. The zero-order valence-corrected chi connectivity index (χ0v) is 21.8. The fraction of sp³-hybridized carbons (Fsp3) is 0.143. The number of thiazole rings is 1. The van der Waals surface area contributed by atoms with Gasteiger partial charge in [-0.2, -0.15) is 0 Å². The number of carbonyl (C=O) groups excluding carboxylic acids is 1. The van der Waals surface area contributed by atoms with Crippen molar-refractivity contribution >= 4 is 52.7 Å². The average molecular weight is 540 g/mol. The molecule has 0 saturated carbocycles. The summed E-state index contributed by atoms with van der Waals surface area (Å²) in [6, 6.07) is 20.7. The fourth-order valence-electron chi connectivity index (χ4n) is 3.24. The highest BCUT2D eigenvalue weighted by molar-refractivity contribution is 7.10. The highest BCUT2D eigenvalue weighted by Crippen LogP contribution is 2.28. The maximum Gasteiger partial charge on any atom is 0.357 e. The Morgan fingerprint density at radius 2 is 1.47 bits per heavy atom. The Morgan fingerprint density at radius 3 is 2.03 bits per heavy atom. The number of esters is 1. The van der Waals surface area contributed by atoms with Crippen molar-refractivity contribution in [3.8, 4) is 11.5 Å². The molecule has 0 amide bonds. The van der Waals surface area contributed by atoms with Crippen LogP contribution in [0.5, 0.6) is 11.5 Å². The van der Waals surface area contributed by atoms with Gasteiger partial charge in [0.25, 0.3) is 0 Å². The van der Waals surface area contributed by atoms with Gasteiger partial charge in [-0.3, -0.25) is 0 Å². The van der Waals surface area contributed by atoms with Crippen molar-refractivity contribution in [3.63, 3.8) is 0 Å². The van der Waals surface area contributed by atoms with Gasteiger partial charge in [-0.1, -0.05) is 65.7 Å². The largest absolute Gasteiger partial charge is 0.489 e. The van der Waals surface area contributed by atoms with Crippen LogP contribution in [0.4, 0.5) is 0 Å². The molecular weight excluding hydrogens is 517 g/mol. The van der Waals surface area contributed by atoms with E-state index in [1.165, 1.54) is 11.3 Å². The lowest BCUT2D eigenvalue weighted by Gasteiger charge is -2.12. The van der Waals surface area contributed by atoms with Crippen LogP contribution in [0.2, 0.25) is 10.0 Å². The molecule has 0 aliphatic carbocycles. The molecule has 0 bridgehead atoms. The van der Waals surface area contributed by atoms with Gasteiger partial charge in [0.15, 0.2) is 5.69 Å². The average Bonchev–Trinajstić information content (AvgIpc) is 3.36. The second kappa shape index (κ2) is 12.6. The van der Waals surface area contributed by atoms with Gasteiger partial charge in [0.2, 0.25) is 0 Å². The molecule has 0 atom stereocenters. The molecule has 4 rings (SSSR count). The minimum absolute atomic E-state index is 0.294. The molecule has 1 heterocycles. The minimum Gasteiger partial charge on any atom is -0.489 e. The molecule has 3 aromatic carbocycles. The van der Waals surface area contributed by atoms with E-state index in [0.717, 1.165) is 16.7 Å². The third-order valence-corrected chi connectivity index (χ3v) is 6.58. The van der Waals surface area contributed by atoms with Gasteiger partial charge in [-0.25, -0.2) is 9.78 Å². The molecule has 184 valence electrons. The van der Waals surface area contributed by atoms with Crippen LogP contribution in [-0.4, -0.2) is 17.6 Å². The molecule has 0 radical (unpaired) electrons. The smallest absolute Gasteiger partial charge is 0.357 e. The summed E-state index contributed by atoms with van der Waals surface area (Å²) < 4.78 is 17.1.